The van der Waals surface area contributed by atoms with Gasteiger partial charge < -0.3 is 20.4 Å². The summed E-state index contributed by atoms with van der Waals surface area (Å²) in [6.07, 6.45) is 1.14. The Kier molecular flexibility index (Phi) is 11.0. The molecule has 11 unspecified atom stereocenters. The van der Waals surface area contributed by atoms with Crippen LogP contribution in [0.25, 0.3) is 0 Å². The molecule has 0 aromatic heterocycles. The van der Waals surface area contributed by atoms with Crippen molar-refractivity contribution in [3.05, 3.63) is 12.7 Å². The molecular formula is C34H58F2N8O4S. The highest BCUT2D eigenvalue weighted by Crippen LogP contribution is 2.44. The van der Waals surface area contributed by atoms with Gasteiger partial charge in [-0.2, -0.15) is 12.7 Å². The molecule has 6 rings (SSSR count). The topological polar surface area (TPSA) is 143 Å². The maximum absolute atomic E-state index is 16.9. The lowest BCUT2D eigenvalue weighted by Gasteiger charge is -2.60. The van der Waals surface area contributed by atoms with E-state index in [0.717, 1.165) is 13.0 Å². The van der Waals surface area contributed by atoms with Crippen molar-refractivity contribution in [1.29, 1.82) is 0 Å². The lowest BCUT2D eigenvalue weighted by atomic mass is 9.69. The van der Waals surface area contributed by atoms with Gasteiger partial charge in [-0.1, -0.05) is 26.8 Å². The van der Waals surface area contributed by atoms with Crippen LogP contribution in [0.2, 0.25) is 0 Å². The first kappa shape index (κ1) is 36.9. The molecule has 5 N–H and O–H groups in total. The molecular weight excluding hydrogens is 654 g/mol. The molecule has 6 fully saturated rings. The molecule has 5 heterocycles. The smallest absolute Gasteiger partial charge is 0.320 e. The number of hydrogen-bond donors (Lipinski definition) is 4. The number of carbonyl (C=O) groups is 2. The molecule has 2 bridgehead atoms. The number of fused-ring (bicyclic) bond motifs is 5. The summed E-state index contributed by atoms with van der Waals surface area (Å²) >= 11 is 0. The van der Waals surface area contributed by atoms with Crippen LogP contribution in [0.3, 0.4) is 0 Å². The molecule has 5 saturated heterocycles. The van der Waals surface area contributed by atoms with Crippen LogP contribution in [0.15, 0.2) is 12.7 Å². The van der Waals surface area contributed by atoms with Crippen LogP contribution in [-0.4, -0.2) is 127 Å². The van der Waals surface area contributed by atoms with Gasteiger partial charge in [0.15, 0.2) is 0 Å². The van der Waals surface area contributed by atoms with E-state index in [1.807, 2.05) is 18.7 Å². The summed E-state index contributed by atoms with van der Waals surface area (Å²) in [5.41, 5.74) is 0. The van der Waals surface area contributed by atoms with E-state index in [4.69, 9.17) is 5.14 Å². The van der Waals surface area contributed by atoms with Crippen molar-refractivity contribution < 1.29 is 26.8 Å². The predicted octanol–water partition coefficient (Wildman–Crippen LogP) is 2.14. The monoisotopic (exact) mass is 712 g/mol. The van der Waals surface area contributed by atoms with Crippen molar-refractivity contribution >= 4 is 22.1 Å². The van der Waals surface area contributed by atoms with Crippen molar-refractivity contribution in [3.8, 4) is 0 Å². The molecule has 278 valence electrons. The van der Waals surface area contributed by atoms with Gasteiger partial charge in [-0.3, -0.25) is 15.0 Å². The number of alkyl halides is 2. The minimum absolute atomic E-state index is 0.0479. The van der Waals surface area contributed by atoms with Gasteiger partial charge in [0.1, 0.15) is 12.3 Å². The van der Waals surface area contributed by atoms with E-state index in [1.165, 1.54) is 10.4 Å². The fourth-order valence-electron chi connectivity index (χ4n) is 10.4. The molecule has 0 aromatic rings. The van der Waals surface area contributed by atoms with Crippen molar-refractivity contribution in [3.63, 3.8) is 0 Å². The number of nitrogens with two attached hydrogens (primary N) is 1. The first-order chi connectivity index (χ1) is 23.2. The van der Waals surface area contributed by atoms with Gasteiger partial charge in [0.05, 0.1) is 18.4 Å². The third-order valence-electron chi connectivity index (χ3n) is 12.7. The lowest BCUT2D eigenvalue weighted by Crippen LogP contribution is -2.80. The molecule has 12 nitrogen and oxygen atoms in total. The first-order valence-corrected chi connectivity index (χ1v) is 20.0. The number of rotatable bonds is 4. The SMILES string of the molecule is C=CC(=O)N1C[C@H](C)N(C2NC(=O)N3C4NC(C(F)CC42)C2C(F)CCCC2CN(S(N)(=O)=O)CCCC2CCNC(C(C)C)C23)C[C@H]1C. The van der Waals surface area contributed by atoms with Crippen LogP contribution in [0.5, 0.6) is 0 Å². The molecule has 1 saturated carbocycles. The third kappa shape index (κ3) is 7.13. The van der Waals surface area contributed by atoms with Crippen molar-refractivity contribution in [1.82, 2.24) is 35.0 Å². The molecule has 3 amide bonds. The number of nitrogens with zero attached hydrogens (tertiary/aromatic N) is 4. The van der Waals surface area contributed by atoms with Gasteiger partial charge in [-0.05, 0) is 82.7 Å². The minimum Gasteiger partial charge on any atom is -0.334 e. The summed E-state index contributed by atoms with van der Waals surface area (Å²) in [4.78, 5) is 33.2. The zero-order chi connectivity index (χ0) is 35.4. The molecule has 0 aromatic carbocycles. The Morgan fingerprint density at radius 2 is 1.73 bits per heavy atom. The van der Waals surface area contributed by atoms with E-state index in [9.17, 15) is 18.0 Å². The highest BCUT2D eigenvalue weighted by atomic mass is 32.2. The molecule has 5 aliphatic heterocycles. The fraction of sp³-hybridized carbons (Fsp3) is 0.882. The normalized spacial score (nSPS) is 42.9. The van der Waals surface area contributed by atoms with Crippen molar-refractivity contribution in [2.24, 2.45) is 34.7 Å². The molecule has 49 heavy (non-hydrogen) atoms. The van der Waals surface area contributed by atoms with Crippen LogP contribution in [0, 0.1) is 29.6 Å². The number of amides is 3. The molecule has 0 radical (unpaired) electrons. The third-order valence-corrected chi connectivity index (χ3v) is 13.8. The lowest BCUT2D eigenvalue weighted by molar-refractivity contribution is -0.136. The van der Waals surface area contributed by atoms with Gasteiger partial charge in [0, 0.05) is 62.2 Å². The van der Waals surface area contributed by atoms with E-state index >= 15 is 8.78 Å². The quantitative estimate of drug-likeness (QED) is 0.328. The Hall–Kier alpha value is -1.91. The van der Waals surface area contributed by atoms with E-state index < -0.39 is 52.8 Å². The molecule has 15 heteroatoms. The molecule has 13 atom stereocenters. The van der Waals surface area contributed by atoms with Gasteiger partial charge >= 0.3 is 6.03 Å². The van der Waals surface area contributed by atoms with Crippen LogP contribution in [0.1, 0.15) is 72.6 Å². The van der Waals surface area contributed by atoms with E-state index in [-0.39, 0.29) is 79.8 Å². The summed E-state index contributed by atoms with van der Waals surface area (Å²) < 4.78 is 60.0. The number of halogens is 2. The average molecular weight is 713 g/mol. The number of hydrogen-bond acceptors (Lipinski definition) is 7. The predicted molar refractivity (Wildman–Crippen MR) is 184 cm³/mol. The van der Waals surface area contributed by atoms with Crippen molar-refractivity contribution in [2.75, 3.05) is 32.7 Å². The van der Waals surface area contributed by atoms with Crippen LogP contribution >= 0.6 is 0 Å². The Bertz CT molecular complexity index is 1340. The highest BCUT2D eigenvalue weighted by Gasteiger charge is 2.58. The molecule has 1 aliphatic carbocycles. The highest BCUT2D eigenvalue weighted by molar-refractivity contribution is 7.86. The van der Waals surface area contributed by atoms with Gasteiger partial charge in [-0.25, -0.2) is 18.7 Å². The largest absolute Gasteiger partial charge is 0.334 e. The summed E-state index contributed by atoms with van der Waals surface area (Å²) in [5, 5.41) is 16.3. The summed E-state index contributed by atoms with van der Waals surface area (Å²) in [5.74, 6) is -1.45. The van der Waals surface area contributed by atoms with E-state index in [1.54, 1.807) is 4.90 Å². The van der Waals surface area contributed by atoms with Crippen LogP contribution in [0.4, 0.5) is 13.6 Å². The Labute approximate surface area is 291 Å². The van der Waals surface area contributed by atoms with Crippen molar-refractivity contribution in [2.45, 2.75) is 128 Å². The second-order valence-electron chi connectivity index (χ2n) is 16.0. The van der Waals surface area contributed by atoms with Gasteiger partial charge in [0.2, 0.25) is 5.91 Å². The average Bonchev–Trinajstić information content (AvgIpc) is 3.05. The number of urea groups is 1. The standard InChI is InChI=1S/C34H58F2N8O4S/c1-6-27(45)42-16-21(5)43(17-20(42)4)32-24-15-26(36)30-28-23(9-7-11-25(28)35)18-41(49(37,47)48)14-8-10-22-12-13-38-29(19(2)3)31(22)44(33(24)39-30)34(46)40-32/h6,19-26,28-33,38-39H,1,7-18H2,2-5H3,(H,40,46)(H2,37,47,48)/t20-,21+,22?,23?,24?,25?,26?,28?,29?,30?,31?,32?,33?/m1/s1. The Balaban J connectivity index is 1.42. The van der Waals surface area contributed by atoms with Crippen LogP contribution in [-0.2, 0) is 15.0 Å². The molecule has 0 spiro atoms. The van der Waals surface area contributed by atoms with Gasteiger partial charge in [0.25, 0.3) is 10.2 Å². The summed E-state index contributed by atoms with van der Waals surface area (Å²) in [6.45, 7) is 13.9. The number of carbonyl (C=O) groups excluding carboxylic acids is 2. The van der Waals surface area contributed by atoms with Gasteiger partial charge in [-0.15, -0.1) is 0 Å². The number of piperazine rings is 1. The maximum atomic E-state index is 16.9. The zero-order valence-electron chi connectivity index (χ0n) is 29.5. The molecule has 6 aliphatic rings. The second kappa shape index (κ2) is 14.6. The summed E-state index contributed by atoms with van der Waals surface area (Å²) in [7, 11) is -4.07. The zero-order valence-corrected chi connectivity index (χ0v) is 30.3. The minimum atomic E-state index is -4.07. The van der Waals surface area contributed by atoms with Crippen LogP contribution < -0.4 is 21.1 Å². The maximum Gasteiger partial charge on any atom is 0.320 e. The number of nitrogens with one attached hydrogen (secondary N) is 3. The number of piperidine rings is 2. The fourth-order valence-corrected chi connectivity index (χ4v) is 11.2. The van der Waals surface area contributed by atoms with E-state index in [0.29, 0.717) is 38.8 Å². The van der Waals surface area contributed by atoms with E-state index in [2.05, 4.69) is 41.3 Å². The second-order valence-corrected chi connectivity index (χ2v) is 17.6. The Morgan fingerprint density at radius 1 is 1.00 bits per heavy atom. The first-order valence-electron chi connectivity index (χ1n) is 18.5. The Morgan fingerprint density at radius 3 is 2.43 bits per heavy atom. The summed E-state index contributed by atoms with van der Waals surface area (Å²) in [6, 6.07) is -1.69.